The second-order valence-corrected chi connectivity index (χ2v) is 6.40. The standard InChI is InChI=1S/C19H21NO5/c21-17(20-10-8-19(24,9-11-20)18(22)23)13-15(16-7-4-12-25-16)14-5-2-1-3-6-14/h1-7,12,15,24H,8-11,13H2,(H,22,23)/t15-/m0/s1. The summed E-state index contributed by atoms with van der Waals surface area (Å²) in [5.74, 6) is -0.766. The summed E-state index contributed by atoms with van der Waals surface area (Å²) >= 11 is 0. The molecule has 2 aromatic rings. The second-order valence-electron chi connectivity index (χ2n) is 6.40. The number of carbonyl (C=O) groups is 2. The second kappa shape index (κ2) is 7.11. The monoisotopic (exact) mass is 343 g/mol. The van der Waals surface area contributed by atoms with Crippen LogP contribution in [0.3, 0.4) is 0 Å². The molecule has 1 aliphatic rings. The molecular formula is C19H21NO5. The number of hydrogen-bond acceptors (Lipinski definition) is 4. The van der Waals surface area contributed by atoms with E-state index in [-0.39, 0.29) is 44.2 Å². The smallest absolute Gasteiger partial charge is 0.335 e. The van der Waals surface area contributed by atoms with E-state index in [0.717, 1.165) is 11.3 Å². The predicted octanol–water partition coefficient (Wildman–Crippen LogP) is 2.24. The Bertz CT molecular complexity index is 718. The highest BCUT2D eigenvalue weighted by Crippen LogP contribution is 2.30. The largest absolute Gasteiger partial charge is 0.479 e. The molecule has 1 atom stereocenters. The summed E-state index contributed by atoms with van der Waals surface area (Å²) in [5, 5.41) is 19.1. The van der Waals surface area contributed by atoms with Crippen molar-refractivity contribution in [3.63, 3.8) is 0 Å². The number of carbonyl (C=O) groups excluding carboxylic acids is 1. The van der Waals surface area contributed by atoms with Crippen LogP contribution < -0.4 is 0 Å². The summed E-state index contributed by atoms with van der Waals surface area (Å²) in [6.07, 6.45) is 1.92. The van der Waals surface area contributed by atoms with Crippen molar-refractivity contribution in [2.75, 3.05) is 13.1 Å². The van der Waals surface area contributed by atoms with Crippen LogP contribution in [0.25, 0.3) is 0 Å². The number of nitrogens with zero attached hydrogens (tertiary/aromatic N) is 1. The van der Waals surface area contributed by atoms with Crippen LogP contribution in [-0.4, -0.2) is 45.7 Å². The number of hydrogen-bond donors (Lipinski definition) is 2. The minimum Gasteiger partial charge on any atom is -0.479 e. The SMILES string of the molecule is O=C(C[C@@H](c1ccccc1)c1ccco1)N1CCC(O)(C(=O)O)CC1. The Morgan fingerprint density at radius 1 is 1.12 bits per heavy atom. The van der Waals surface area contributed by atoms with Gasteiger partial charge in [-0.1, -0.05) is 30.3 Å². The highest BCUT2D eigenvalue weighted by molar-refractivity contribution is 5.80. The lowest BCUT2D eigenvalue weighted by Gasteiger charge is -2.35. The fourth-order valence-electron chi connectivity index (χ4n) is 3.20. The minimum atomic E-state index is -1.73. The van der Waals surface area contributed by atoms with Crippen molar-refractivity contribution in [2.24, 2.45) is 0 Å². The van der Waals surface area contributed by atoms with Crippen molar-refractivity contribution < 1.29 is 24.2 Å². The van der Waals surface area contributed by atoms with Crippen LogP contribution in [0.15, 0.2) is 53.1 Å². The molecule has 132 valence electrons. The lowest BCUT2D eigenvalue weighted by atomic mass is 9.89. The van der Waals surface area contributed by atoms with Crippen LogP contribution in [0, 0.1) is 0 Å². The van der Waals surface area contributed by atoms with Gasteiger partial charge in [0, 0.05) is 32.4 Å². The molecule has 1 aromatic carbocycles. The van der Waals surface area contributed by atoms with Gasteiger partial charge >= 0.3 is 5.97 Å². The van der Waals surface area contributed by atoms with Crippen LogP contribution in [0.4, 0.5) is 0 Å². The zero-order valence-electron chi connectivity index (χ0n) is 13.8. The van der Waals surface area contributed by atoms with E-state index < -0.39 is 11.6 Å². The molecular weight excluding hydrogens is 322 g/mol. The highest BCUT2D eigenvalue weighted by Gasteiger charge is 2.40. The maximum absolute atomic E-state index is 12.7. The fourth-order valence-corrected chi connectivity index (χ4v) is 3.20. The molecule has 1 aliphatic heterocycles. The summed E-state index contributed by atoms with van der Waals surface area (Å²) in [5.41, 5.74) is -0.735. The van der Waals surface area contributed by atoms with Gasteiger partial charge in [-0.3, -0.25) is 4.79 Å². The lowest BCUT2D eigenvalue weighted by Crippen LogP contribution is -2.51. The molecule has 1 fully saturated rings. The minimum absolute atomic E-state index is 0.0465. The number of aliphatic carboxylic acids is 1. The van der Waals surface area contributed by atoms with E-state index in [1.165, 1.54) is 0 Å². The number of piperidine rings is 1. The van der Waals surface area contributed by atoms with E-state index in [1.807, 2.05) is 36.4 Å². The molecule has 3 rings (SSSR count). The normalized spacial score (nSPS) is 17.9. The summed E-state index contributed by atoms with van der Waals surface area (Å²) in [7, 11) is 0. The third-order valence-electron chi connectivity index (χ3n) is 4.81. The number of likely N-dealkylation sites (tertiary alicyclic amines) is 1. The van der Waals surface area contributed by atoms with Crippen LogP contribution in [-0.2, 0) is 9.59 Å². The Balaban J connectivity index is 1.71. The first-order chi connectivity index (χ1) is 12.0. The summed E-state index contributed by atoms with van der Waals surface area (Å²) in [4.78, 5) is 25.4. The number of aliphatic hydroxyl groups is 1. The zero-order chi connectivity index (χ0) is 17.9. The van der Waals surface area contributed by atoms with Gasteiger partial charge in [-0.25, -0.2) is 4.79 Å². The van der Waals surface area contributed by atoms with Gasteiger partial charge in [0.2, 0.25) is 5.91 Å². The molecule has 1 saturated heterocycles. The maximum atomic E-state index is 12.7. The Hall–Kier alpha value is -2.60. The molecule has 6 heteroatoms. The van der Waals surface area contributed by atoms with E-state index in [4.69, 9.17) is 9.52 Å². The van der Waals surface area contributed by atoms with Crippen molar-refractivity contribution in [2.45, 2.75) is 30.8 Å². The zero-order valence-corrected chi connectivity index (χ0v) is 13.8. The van der Waals surface area contributed by atoms with Gasteiger partial charge in [0.1, 0.15) is 5.76 Å². The first-order valence-electron chi connectivity index (χ1n) is 8.31. The van der Waals surface area contributed by atoms with Crippen molar-refractivity contribution in [3.8, 4) is 0 Å². The highest BCUT2D eigenvalue weighted by atomic mass is 16.4. The van der Waals surface area contributed by atoms with Crippen LogP contribution in [0.2, 0.25) is 0 Å². The van der Waals surface area contributed by atoms with Gasteiger partial charge in [0.05, 0.1) is 12.2 Å². The molecule has 0 aliphatic carbocycles. The molecule has 0 radical (unpaired) electrons. The van der Waals surface area contributed by atoms with E-state index in [9.17, 15) is 14.7 Å². The van der Waals surface area contributed by atoms with Crippen molar-refractivity contribution in [1.82, 2.24) is 4.90 Å². The molecule has 1 aromatic heterocycles. The van der Waals surface area contributed by atoms with Crippen molar-refractivity contribution in [1.29, 1.82) is 0 Å². The molecule has 6 nitrogen and oxygen atoms in total. The topological polar surface area (TPSA) is 91.0 Å². The molecule has 0 spiro atoms. The van der Waals surface area contributed by atoms with Crippen LogP contribution in [0.5, 0.6) is 0 Å². The van der Waals surface area contributed by atoms with Gasteiger partial charge in [-0.15, -0.1) is 0 Å². The third-order valence-corrected chi connectivity index (χ3v) is 4.81. The fraction of sp³-hybridized carbons (Fsp3) is 0.368. The lowest BCUT2D eigenvalue weighted by molar-refractivity contribution is -0.165. The Labute approximate surface area is 145 Å². The Kier molecular flexibility index (Phi) is 4.90. The van der Waals surface area contributed by atoms with Crippen LogP contribution >= 0.6 is 0 Å². The number of furan rings is 1. The third kappa shape index (κ3) is 3.74. The molecule has 0 bridgehead atoms. The van der Waals surface area contributed by atoms with E-state index in [2.05, 4.69) is 0 Å². The molecule has 0 unspecified atom stereocenters. The molecule has 2 heterocycles. The number of carboxylic acids is 1. The van der Waals surface area contributed by atoms with Gasteiger partial charge in [0.25, 0.3) is 0 Å². The average molecular weight is 343 g/mol. The van der Waals surface area contributed by atoms with Gasteiger partial charge in [-0.2, -0.15) is 0 Å². The number of benzene rings is 1. The van der Waals surface area contributed by atoms with E-state index in [1.54, 1.807) is 17.2 Å². The first-order valence-corrected chi connectivity index (χ1v) is 8.31. The molecule has 2 N–H and O–H groups in total. The predicted molar refractivity (Wildman–Crippen MR) is 90.0 cm³/mol. The Morgan fingerprint density at radius 3 is 2.36 bits per heavy atom. The summed E-state index contributed by atoms with van der Waals surface area (Å²) in [6.45, 7) is 0.475. The van der Waals surface area contributed by atoms with Gasteiger partial charge in [0.15, 0.2) is 5.60 Å². The summed E-state index contributed by atoms with van der Waals surface area (Å²) < 4.78 is 5.51. The Morgan fingerprint density at radius 2 is 1.80 bits per heavy atom. The quantitative estimate of drug-likeness (QED) is 0.869. The number of rotatable bonds is 5. The molecule has 25 heavy (non-hydrogen) atoms. The number of amides is 1. The molecule has 1 amide bonds. The average Bonchev–Trinajstić information content (AvgIpc) is 3.15. The van der Waals surface area contributed by atoms with E-state index >= 15 is 0 Å². The van der Waals surface area contributed by atoms with Crippen LogP contribution in [0.1, 0.15) is 36.5 Å². The van der Waals surface area contributed by atoms with E-state index in [0.29, 0.717) is 0 Å². The molecule has 0 saturated carbocycles. The number of carboxylic acid groups (broad SMARTS) is 1. The van der Waals surface area contributed by atoms with Crippen molar-refractivity contribution in [3.05, 3.63) is 60.1 Å². The summed E-state index contributed by atoms with van der Waals surface area (Å²) in [6, 6.07) is 13.3. The van der Waals surface area contributed by atoms with Gasteiger partial charge < -0.3 is 19.5 Å². The van der Waals surface area contributed by atoms with Gasteiger partial charge in [-0.05, 0) is 17.7 Å². The maximum Gasteiger partial charge on any atom is 0.335 e. The first kappa shape index (κ1) is 17.2. The van der Waals surface area contributed by atoms with Crippen molar-refractivity contribution >= 4 is 11.9 Å².